The monoisotopic (exact) mass is 322 g/mol. The van der Waals surface area contributed by atoms with Crippen molar-refractivity contribution >= 4 is 17.3 Å². The zero-order chi connectivity index (χ0) is 15.7. The molecule has 0 atom stereocenters. The third kappa shape index (κ3) is 3.05. The summed E-state index contributed by atoms with van der Waals surface area (Å²) in [7, 11) is 0. The number of hydrogen-bond acceptors (Lipinski definition) is 4. The Kier molecular flexibility index (Phi) is 3.51. The van der Waals surface area contributed by atoms with Crippen LogP contribution in [0.4, 0.5) is 14.5 Å². The van der Waals surface area contributed by atoms with E-state index in [1.54, 1.807) is 24.3 Å². The Morgan fingerprint density at radius 2 is 1.91 bits per heavy atom. The number of nitriles is 1. The second-order valence-electron chi connectivity index (χ2n) is 4.64. The lowest BCUT2D eigenvalue weighted by atomic mass is 10.2. The lowest BCUT2D eigenvalue weighted by Gasteiger charge is -2.08. The zero-order valence-electron chi connectivity index (χ0n) is 11.1. The van der Waals surface area contributed by atoms with Gasteiger partial charge < -0.3 is 14.8 Å². The zero-order valence-corrected chi connectivity index (χ0v) is 11.8. The van der Waals surface area contributed by atoms with Gasteiger partial charge in [-0.3, -0.25) is 0 Å². The quantitative estimate of drug-likeness (QED) is 0.922. The molecule has 1 heterocycles. The van der Waals surface area contributed by atoms with Gasteiger partial charge in [-0.25, -0.2) is 0 Å². The highest BCUT2D eigenvalue weighted by Crippen LogP contribution is 2.41. The van der Waals surface area contributed by atoms with E-state index in [0.717, 1.165) is 5.56 Å². The number of halogens is 3. The summed E-state index contributed by atoms with van der Waals surface area (Å²) in [6.07, 6.45) is -3.62. The molecular formula is C15H9ClF2N2O2. The third-order valence-corrected chi connectivity index (χ3v) is 3.21. The van der Waals surface area contributed by atoms with Crippen LogP contribution < -0.4 is 14.8 Å². The van der Waals surface area contributed by atoms with Crippen molar-refractivity contribution < 1.29 is 18.3 Å². The minimum atomic E-state index is -3.62. The molecule has 0 aromatic heterocycles. The van der Waals surface area contributed by atoms with E-state index in [0.29, 0.717) is 22.8 Å². The summed E-state index contributed by atoms with van der Waals surface area (Å²) in [5, 5.41) is 12.4. The van der Waals surface area contributed by atoms with Crippen LogP contribution in [0, 0.1) is 11.3 Å². The van der Waals surface area contributed by atoms with Crippen molar-refractivity contribution in [3.8, 4) is 17.6 Å². The van der Waals surface area contributed by atoms with E-state index in [1.807, 2.05) is 6.07 Å². The highest BCUT2D eigenvalue weighted by atomic mass is 35.5. The first-order valence-electron chi connectivity index (χ1n) is 6.28. The van der Waals surface area contributed by atoms with Crippen LogP contribution >= 0.6 is 11.6 Å². The highest BCUT2D eigenvalue weighted by molar-refractivity contribution is 6.31. The summed E-state index contributed by atoms with van der Waals surface area (Å²) in [6.45, 7) is 0.355. The largest absolute Gasteiger partial charge is 0.586 e. The van der Waals surface area contributed by atoms with Gasteiger partial charge in [-0.1, -0.05) is 17.7 Å². The van der Waals surface area contributed by atoms with E-state index in [1.165, 1.54) is 12.1 Å². The Morgan fingerprint density at radius 3 is 2.68 bits per heavy atom. The van der Waals surface area contributed by atoms with Crippen LogP contribution in [0.1, 0.15) is 11.1 Å². The number of nitrogens with zero attached hydrogens (tertiary/aromatic N) is 1. The molecule has 0 amide bonds. The summed E-state index contributed by atoms with van der Waals surface area (Å²) in [4.78, 5) is 0. The van der Waals surface area contributed by atoms with E-state index in [9.17, 15) is 8.78 Å². The lowest BCUT2D eigenvalue weighted by molar-refractivity contribution is -0.286. The van der Waals surface area contributed by atoms with Crippen LogP contribution in [-0.2, 0) is 6.54 Å². The fourth-order valence-electron chi connectivity index (χ4n) is 2.06. The van der Waals surface area contributed by atoms with Crippen molar-refractivity contribution in [2.75, 3.05) is 5.32 Å². The first kappa shape index (κ1) is 14.4. The number of benzene rings is 2. The SMILES string of the molecule is N#Cc1cc(Cl)cc(NCc2ccc3c(c2)OC(F)(F)O3)c1. The Morgan fingerprint density at radius 1 is 1.14 bits per heavy atom. The Hall–Kier alpha value is -2.52. The van der Waals surface area contributed by atoms with Crippen LogP contribution in [0.3, 0.4) is 0 Å². The number of nitrogens with one attached hydrogen (secondary N) is 1. The second-order valence-corrected chi connectivity index (χ2v) is 5.08. The molecule has 2 aromatic rings. The van der Waals surface area contributed by atoms with Gasteiger partial charge in [0.1, 0.15) is 0 Å². The fraction of sp³-hybridized carbons (Fsp3) is 0.133. The van der Waals surface area contributed by atoms with Crippen molar-refractivity contribution in [3.63, 3.8) is 0 Å². The number of alkyl halides is 2. The van der Waals surface area contributed by atoms with Gasteiger partial charge in [0.15, 0.2) is 11.5 Å². The molecule has 4 nitrogen and oxygen atoms in total. The van der Waals surface area contributed by atoms with E-state index >= 15 is 0 Å². The van der Waals surface area contributed by atoms with E-state index < -0.39 is 6.29 Å². The van der Waals surface area contributed by atoms with Gasteiger partial charge in [0.25, 0.3) is 0 Å². The molecule has 2 aromatic carbocycles. The maximum absolute atomic E-state index is 12.9. The Bertz CT molecular complexity index is 775. The second kappa shape index (κ2) is 5.35. The molecule has 0 aliphatic carbocycles. The van der Waals surface area contributed by atoms with Gasteiger partial charge in [0.05, 0.1) is 11.6 Å². The molecule has 7 heteroatoms. The van der Waals surface area contributed by atoms with Crippen LogP contribution in [0.5, 0.6) is 11.5 Å². The molecule has 0 bridgehead atoms. The molecule has 1 aliphatic rings. The summed E-state index contributed by atoms with van der Waals surface area (Å²) in [5.74, 6) is -0.00335. The van der Waals surface area contributed by atoms with Gasteiger partial charge in [-0.15, -0.1) is 8.78 Å². The summed E-state index contributed by atoms with van der Waals surface area (Å²) in [6, 6.07) is 11.4. The molecule has 3 rings (SSSR count). The van der Waals surface area contributed by atoms with Gasteiger partial charge in [0.2, 0.25) is 0 Å². The number of hydrogen-bond donors (Lipinski definition) is 1. The molecule has 0 radical (unpaired) electrons. The van der Waals surface area contributed by atoms with Gasteiger partial charge in [0, 0.05) is 17.3 Å². The van der Waals surface area contributed by atoms with Crippen LogP contribution in [-0.4, -0.2) is 6.29 Å². The van der Waals surface area contributed by atoms with Crippen LogP contribution in [0.15, 0.2) is 36.4 Å². The predicted molar refractivity (Wildman–Crippen MR) is 76.1 cm³/mol. The van der Waals surface area contributed by atoms with Crippen molar-refractivity contribution in [1.29, 1.82) is 5.26 Å². The molecule has 0 spiro atoms. The maximum atomic E-state index is 12.9. The third-order valence-electron chi connectivity index (χ3n) is 2.99. The van der Waals surface area contributed by atoms with Crippen molar-refractivity contribution in [1.82, 2.24) is 0 Å². The van der Waals surface area contributed by atoms with Crippen molar-refractivity contribution in [2.24, 2.45) is 0 Å². The first-order chi connectivity index (χ1) is 10.4. The minimum absolute atomic E-state index is 0.00303. The molecule has 0 saturated carbocycles. The average Bonchev–Trinajstić information content (AvgIpc) is 2.77. The summed E-state index contributed by atoms with van der Waals surface area (Å²) >= 11 is 5.91. The van der Waals surface area contributed by atoms with Crippen molar-refractivity contribution in [3.05, 3.63) is 52.5 Å². The molecular weight excluding hydrogens is 314 g/mol. The molecule has 112 valence electrons. The molecule has 1 aliphatic heterocycles. The highest BCUT2D eigenvalue weighted by Gasteiger charge is 2.43. The molecule has 0 unspecified atom stereocenters. The van der Waals surface area contributed by atoms with Crippen LogP contribution in [0.2, 0.25) is 5.02 Å². The summed E-state index contributed by atoms with van der Waals surface area (Å²) < 4.78 is 34.6. The number of anilines is 1. The maximum Gasteiger partial charge on any atom is 0.586 e. The van der Waals surface area contributed by atoms with Crippen molar-refractivity contribution in [2.45, 2.75) is 12.8 Å². The molecule has 1 N–H and O–H groups in total. The molecule has 0 fully saturated rings. The number of rotatable bonds is 3. The lowest BCUT2D eigenvalue weighted by Crippen LogP contribution is -2.25. The standard InChI is InChI=1S/C15H9ClF2N2O2/c16-11-3-10(7-19)4-12(6-11)20-8-9-1-2-13-14(5-9)22-15(17,18)21-13/h1-6,20H,8H2. The van der Waals surface area contributed by atoms with Crippen LogP contribution in [0.25, 0.3) is 0 Å². The molecule has 0 saturated heterocycles. The number of fused-ring (bicyclic) bond motifs is 1. The smallest absolute Gasteiger partial charge is 0.395 e. The fourth-order valence-corrected chi connectivity index (χ4v) is 2.30. The summed E-state index contributed by atoms with van der Waals surface area (Å²) in [5.41, 5.74) is 1.81. The van der Waals surface area contributed by atoms with Gasteiger partial charge in [-0.2, -0.15) is 5.26 Å². The predicted octanol–water partition coefficient (Wildman–Crippen LogP) is 4.15. The first-order valence-corrected chi connectivity index (χ1v) is 6.66. The molecule has 22 heavy (non-hydrogen) atoms. The van der Waals surface area contributed by atoms with Gasteiger partial charge in [-0.05, 0) is 35.9 Å². The van der Waals surface area contributed by atoms with E-state index in [4.69, 9.17) is 16.9 Å². The number of ether oxygens (including phenoxy) is 2. The minimum Gasteiger partial charge on any atom is -0.395 e. The van der Waals surface area contributed by atoms with Gasteiger partial charge >= 0.3 is 6.29 Å². The normalized spacial score (nSPS) is 14.5. The topological polar surface area (TPSA) is 54.3 Å². The van der Waals surface area contributed by atoms with E-state index in [2.05, 4.69) is 14.8 Å². The van der Waals surface area contributed by atoms with E-state index in [-0.39, 0.29) is 11.5 Å². The Labute approximate surface area is 129 Å². The Balaban J connectivity index is 1.73. The average molecular weight is 323 g/mol.